The normalized spacial score (nSPS) is 12.5. The summed E-state index contributed by atoms with van der Waals surface area (Å²) < 4.78 is 32.4. The molecule has 0 aliphatic heterocycles. The van der Waals surface area contributed by atoms with Crippen molar-refractivity contribution in [3.8, 4) is 0 Å². The molecule has 0 unspecified atom stereocenters. The summed E-state index contributed by atoms with van der Waals surface area (Å²) in [6, 6.07) is 4.39. The zero-order valence-corrected chi connectivity index (χ0v) is 13.9. The lowest BCUT2D eigenvalue weighted by molar-refractivity contribution is 0.0919. The van der Waals surface area contributed by atoms with Gasteiger partial charge in [0.05, 0.1) is 4.90 Å². The topological polar surface area (TPSA) is 83.5 Å². The maximum absolute atomic E-state index is 12.1. The first-order valence-corrected chi connectivity index (χ1v) is 8.27. The lowest BCUT2D eigenvalue weighted by Crippen LogP contribution is -2.40. The number of nitrogens with one attached hydrogen (secondary N) is 1. The highest BCUT2D eigenvalue weighted by molar-refractivity contribution is 7.85. The van der Waals surface area contributed by atoms with Crippen LogP contribution >= 0.6 is 0 Å². The Morgan fingerprint density at radius 1 is 1.29 bits per heavy atom. The Kier molecular flexibility index (Phi) is 5.17. The van der Waals surface area contributed by atoms with Crippen molar-refractivity contribution < 1.29 is 17.8 Å². The van der Waals surface area contributed by atoms with Crippen LogP contribution in [0.2, 0.25) is 0 Å². The third kappa shape index (κ3) is 5.47. The highest BCUT2D eigenvalue weighted by Crippen LogP contribution is 2.21. The lowest BCUT2D eigenvalue weighted by Gasteiger charge is -2.21. The zero-order chi connectivity index (χ0) is 16.4. The van der Waals surface area contributed by atoms with Gasteiger partial charge in [-0.3, -0.25) is 9.35 Å². The van der Waals surface area contributed by atoms with E-state index in [1.807, 2.05) is 34.6 Å². The molecule has 0 aliphatic carbocycles. The second-order valence-corrected chi connectivity index (χ2v) is 7.99. The Balaban J connectivity index is 3.25. The van der Waals surface area contributed by atoms with Crippen molar-refractivity contribution in [3.63, 3.8) is 0 Å². The molecule has 0 radical (unpaired) electrons. The van der Waals surface area contributed by atoms with Gasteiger partial charge in [-0.2, -0.15) is 8.42 Å². The van der Waals surface area contributed by atoms with Gasteiger partial charge in [0.25, 0.3) is 16.0 Å². The van der Waals surface area contributed by atoms with Crippen molar-refractivity contribution in [3.05, 3.63) is 29.3 Å². The number of hydrogen-bond acceptors (Lipinski definition) is 3. The quantitative estimate of drug-likeness (QED) is 0.837. The lowest BCUT2D eigenvalue weighted by atomic mass is 10.0. The second-order valence-electron chi connectivity index (χ2n) is 6.60. The smallest absolute Gasteiger partial charge is 0.294 e. The number of rotatable bonds is 4. The van der Waals surface area contributed by atoms with Gasteiger partial charge in [0.1, 0.15) is 0 Å². The van der Waals surface area contributed by atoms with Gasteiger partial charge in [-0.15, -0.1) is 0 Å². The molecule has 21 heavy (non-hydrogen) atoms. The molecule has 0 heterocycles. The largest absolute Gasteiger partial charge is 0.347 e. The molecule has 1 amide bonds. The van der Waals surface area contributed by atoms with Gasteiger partial charge < -0.3 is 5.32 Å². The van der Waals surface area contributed by atoms with E-state index in [0.717, 1.165) is 0 Å². The summed E-state index contributed by atoms with van der Waals surface area (Å²) >= 11 is 0. The van der Waals surface area contributed by atoms with Crippen LogP contribution in [0.1, 0.15) is 50.5 Å². The van der Waals surface area contributed by atoms with E-state index in [1.54, 1.807) is 12.1 Å². The van der Waals surface area contributed by atoms with Gasteiger partial charge in [0.15, 0.2) is 0 Å². The monoisotopic (exact) mass is 313 g/mol. The van der Waals surface area contributed by atoms with E-state index >= 15 is 0 Å². The van der Waals surface area contributed by atoms with Crippen LogP contribution in [0, 0.1) is 5.92 Å². The van der Waals surface area contributed by atoms with Crippen LogP contribution in [0.15, 0.2) is 23.1 Å². The Labute approximate surface area is 126 Å². The first-order chi connectivity index (χ1) is 9.40. The van der Waals surface area contributed by atoms with Crippen LogP contribution in [0.3, 0.4) is 0 Å². The summed E-state index contributed by atoms with van der Waals surface area (Å²) in [6.45, 7) is 9.41. The van der Waals surface area contributed by atoms with E-state index in [-0.39, 0.29) is 22.3 Å². The van der Waals surface area contributed by atoms with Crippen LogP contribution < -0.4 is 5.32 Å². The Bertz CT molecular complexity index is 628. The molecule has 0 spiro atoms. The van der Waals surface area contributed by atoms with Crippen molar-refractivity contribution in [2.45, 2.75) is 51.5 Å². The number of hydrogen-bond donors (Lipinski definition) is 2. The van der Waals surface area contributed by atoms with Crippen molar-refractivity contribution in [2.75, 3.05) is 0 Å². The maximum atomic E-state index is 12.1. The van der Waals surface area contributed by atoms with Gasteiger partial charge in [0, 0.05) is 11.1 Å². The molecular weight excluding hydrogens is 290 g/mol. The molecule has 0 saturated carbocycles. The summed E-state index contributed by atoms with van der Waals surface area (Å²) in [4.78, 5) is 11.9. The Hall–Kier alpha value is -1.40. The predicted molar refractivity (Wildman–Crippen MR) is 82.0 cm³/mol. The summed E-state index contributed by atoms with van der Waals surface area (Å²) in [6.07, 6.45) is 0.510. The predicted octanol–water partition coefficient (Wildman–Crippen LogP) is 2.66. The van der Waals surface area contributed by atoms with Crippen molar-refractivity contribution >= 4 is 16.0 Å². The van der Waals surface area contributed by atoms with Gasteiger partial charge in [0.2, 0.25) is 0 Å². The fraction of sp³-hybridized carbons (Fsp3) is 0.533. The first kappa shape index (κ1) is 17.7. The van der Waals surface area contributed by atoms with E-state index in [4.69, 9.17) is 0 Å². The minimum absolute atomic E-state index is 0.197. The summed E-state index contributed by atoms with van der Waals surface area (Å²) in [7, 11) is -4.36. The fourth-order valence-corrected chi connectivity index (χ4v) is 2.72. The highest BCUT2D eigenvalue weighted by Gasteiger charge is 2.21. The molecule has 0 aliphatic rings. The third-order valence-corrected chi connectivity index (χ3v) is 3.66. The standard InChI is InChI=1S/C15H23NO4S/c1-10(2)8-11-6-7-12(9-13(11)21(18,19)20)14(17)16-15(3,4)5/h6-7,9-10H,8H2,1-5H3,(H,16,17)(H,18,19,20). The number of amides is 1. The average Bonchev–Trinajstić information content (AvgIpc) is 2.24. The van der Waals surface area contributed by atoms with E-state index in [0.29, 0.717) is 12.0 Å². The molecule has 6 heteroatoms. The van der Waals surface area contributed by atoms with Crippen LogP contribution in [-0.2, 0) is 16.5 Å². The van der Waals surface area contributed by atoms with Crippen LogP contribution in [-0.4, -0.2) is 24.4 Å². The third-order valence-electron chi connectivity index (χ3n) is 2.72. The molecule has 2 N–H and O–H groups in total. The highest BCUT2D eigenvalue weighted by atomic mass is 32.2. The molecule has 5 nitrogen and oxygen atoms in total. The van der Waals surface area contributed by atoms with Crippen LogP contribution in [0.25, 0.3) is 0 Å². The van der Waals surface area contributed by atoms with Crippen molar-refractivity contribution in [1.29, 1.82) is 0 Å². The fourth-order valence-electron chi connectivity index (χ4n) is 1.96. The van der Waals surface area contributed by atoms with Crippen molar-refractivity contribution in [2.24, 2.45) is 5.92 Å². The number of carbonyl (C=O) groups is 1. The van der Waals surface area contributed by atoms with E-state index in [1.165, 1.54) is 6.07 Å². The molecule has 1 rings (SSSR count). The van der Waals surface area contributed by atoms with Gasteiger partial charge in [-0.1, -0.05) is 19.9 Å². The molecule has 118 valence electrons. The zero-order valence-electron chi connectivity index (χ0n) is 13.1. The molecule has 1 aromatic carbocycles. The molecule has 0 aromatic heterocycles. The molecular formula is C15H23NO4S. The average molecular weight is 313 g/mol. The van der Waals surface area contributed by atoms with E-state index in [2.05, 4.69) is 5.32 Å². The Morgan fingerprint density at radius 2 is 1.86 bits per heavy atom. The van der Waals surface area contributed by atoms with E-state index < -0.39 is 15.7 Å². The summed E-state index contributed by atoms with van der Waals surface area (Å²) in [5.74, 6) is -0.136. The SMILES string of the molecule is CC(C)Cc1ccc(C(=O)NC(C)(C)C)cc1S(=O)(=O)O. The first-order valence-electron chi connectivity index (χ1n) is 6.83. The van der Waals surface area contributed by atoms with Crippen LogP contribution in [0.5, 0.6) is 0 Å². The van der Waals surface area contributed by atoms with Gasteiger partial charge in [-0.05, 0) is 50.8 Å². The van der Waals surface area contributed by atoms with E-state index in [9.17, 15) is 17.8 Å². The Morgan fingerprint density at radius 3 is 2.29 bits per heavy atom. The molecule has 0 atom stereocenters. The molecule has 0 fully saturated rings. The van der Waals surface area contributed by atoms with Gasteiger partial charge >= 0.3 is 0 Å². The number of carbonyl (C=O) groups excluding carboxylic acids is 1. The minimum Gasteiger partial charge on any atom is -0.347 e. The second kappa shape index (κ2) is 6.15. The van der Waals surface area contributed by atoms with Crippen LogP contribution in [0.4, 0.5) is 0 Å². The minimum atomic E-state index is -4.36. The summed E-state index contributed by atoms with van der Waals surface area (Å²) in [5, 5.41) is 2.76. The number of benzene rings is 1. The summed E-state index contributed by atoms with van der Waals surface area (Å²) in [5.41, 5.74) is 0.302. The molecule has 1 aromatic rings. The molecule has 0 saturated heterocycles. The van der Waals surface area contributed by atoms with Crippen molar-refractivity contribution in [1.82, 2.24) is 5.32 Å². The maximum Gasteiger partial charge on any atom is 0.294 e. The van der Waals surface area contributed by atoms with Gasteiger partial charge in [-0.25, -0.2) is 0 Å². The molecule has 0 bridgehead atoms.